The van der Waals surface area contributed by atoms with Gasteiger partial charge in [-0.2, -0.15) is 0 Å². The summed E-state index contributed by atoms with van der Waals surface area (Å²) in [7, 11) is 4.62. The summed E-state index contributed by atoms with van der Waals surface area (Å²) in [6.45, 7) is 0.128. The lowest BCUT2D eigenvalue weighted by molar-refractivity contribution is -0.124. The van der Waals surface area contributed by atoms with Gasteiger partial charge in [-0.1, -0.05) is 18.2 Å². The van der Waals surface area contributed by atoms with Gasteiger partial charge in [0.2, 0.25) is 5.91 Å². The van der Waals surface area contributed by atoms with Gasteiger partial charge in [0.25, 0.3) is 5.91 Å². The number of methoxy groups -OCH3 is 3. The van der Waals surface area contributed by atoms with Gasteiger partial charge >= 0.3 is 6.03 Å². The average Bonchev–Trinajstić information content (AvgIpc) is 3.13. The molecule has 0 unspecified atom stereocenters. The summed E-state index contributed by atoms with van der Waals surface area (Å²) in [5.41, 5.74) is 1.70. The second-order valence-corrected chi connectivity index (χ2v) is 8.13. The molecule has 1 N–H and O–H groups in total. The summed E-state index contributed by atoms with van der Waals surface area (Å²) in [4.78, 5) is 42.4. The second kappa shape index (κ2) is 10.8. The molecule has 1 aliphatic heterocycles. The number of carbonyl (C=O) groups excluding carboxylic acids is 3. The second-order valence-electron chi connectivity index (χ2n) is 8.13. The van der Waals surface area contributed by atoms with Crippen LogP contribution < -0.4 is 24.4 Å². The van der Waals surface area contributed by atoms with Crippen LogP contribution in [0.4, 0.5) is 16.2 Å². The van der Waals surface area contributed by atoms with Crippen LogP contribution in [0.3, 0.4) is 0 Å². The minimum atomic E-state index is -0.992. The van der Waals surface area contributed by atoms with Crippen LogP contribution in [0.5, 0.6) is 17.2 Å². The highest BCUT2D eigenvalue weighted by Crippen LogP contribution is 2.31. The van der Waals surface area contributed by atoms with E-state index in [0.717, 1.165) is 10.5 Å². The highest BCUT2D eigenvalue weighted by molar-refractivity contribution is 6.22. The SMILES string of the molecule is COc1ccc(NC(=O)C[C@@H]2C(=O)N(c3cccc(OC)c3)C(=O)N2Cc2cccc(OC)c2)cc1. The summed E-state index contributed by atoms with van der Waals surface area (Å²) in [6, 6.07) is 19.3. The molecule has 1 saturated heterocycles. The third-order valence-corrected chi connectivity index (χ3v) is 5.87. The molecule has 4 amide bonds. The van der Waals surface area contributed by atoms with E-state index in [1.54, 1.807) is 74.9 Å². The minimum Gasteiger partial charge on any atom is -0.497 e. The Balaban J connectivity index is 1.61. The number of ether oxygens (including phenoxy) is 3. The van der Waals surface area contributed by atoms with Gasteiger partial charge in [-0.15, -0.1) is 0 Å². The Hall–Kier alpha value is -4.53. The van der Waals surface area contributed by atoms with E-state index in [2.05, 4.69) is 5.32 Å². The van der Waals surface area contributed by atoms with Crippen LogP contribution in [0.25, 0.3) is 0 Å². The van der Waals surface area contributed by atoms with E-state index in [1.165, 1.54) is 12.0 Å². The molecule has 1 fully saturated rings. The van der Waals surface area contributed by atoms with Crippen LogP contribution in [-0.2, 0) is 16.1 Å². The molecule has 9 heteroatoms. The molecule has 0 saturated carbocycles. The van der Waals surface area contributed by atoms with Crippen molar-refractivity contribution in [1.29, 1.82) is 0 Å². The lowest BCUT2D eigenvalue weighted by Gasteiger charge is -2.22. The predicted octanol–water partition coefficient (Wildman–Crippen LogP) is 4.08. The normalized spacial score (nSPS) is 15.1. The fourth-order valence-corrected chi connectivity index (χ4v) is 4.03. The molecule has 3 aromatic rings. The minimum absolute atomic E-state index is 0.128. The van der Waals surface area contributed by atoms with Gasteiger partial charge in [0.1, 0.15) is 23.3 Å². The molecule has 0 radical (unpaired) electrons. The number of hydrogen-bond acceptors (Lipinski definition) is 6. The van der Waals surface area contributed by atoms with Crippen molar-refractivity contribution in [2.75, 3.05) is 31.5 Å². The fraction of sp³-hybridized carbons (Fsp3) is 0.222. The lowest BCUT2D eigenvalue weighted by Crippen LogP contribution is -2.37. The summed E-state index contributed by atoms with van der Waals surface area (Å²) in [6.07, 6.45) is -0.207. The smallest absolute Gasteiger partial charge is 0.332 e. The number of hydrogen-bond donors (Lipinski definition) is 1. The van der Waals surface area contributed by atoms with Crippen molar-refractivity contribution in [1.82, 2.24) is 4.90 Å². The summed E-state index contributed by atoms with van der Waals surface area (Å²) < 4.78 is 15.7. The van der Waals surface area contributed by atoms with Crippen molar-refractivity contribution in [3.63, 3.8) is 0 Å². The summed E-state index contributed by atoms with van der Waals surface area (Å²) in [5, 5.41) is 2.79. The van der Waals surface area contributed by atoms with Crippen molar-refractivity contribution in [3.8, 4) is 17.2 Å². The molecular formula is C27H27N3O6. The highest BCUT2D eigenvalue weighted by atomic mass is 16.5. The van der Waals surface area contributed by atoms with E-state index < -0.39 is 23.9 Å². The Morgan fingerprint density at radius 3 is 2.14 bits per heavy atom. The Morgan fingerprint density at radius 1 is 0.833 bits per heavy atom. The maximum Gasteiger partial charge on any atom is 0.332 e. The molecule has 0 spiro atoms. The van der Waals surface area contributed by atoms with Gasteiger partial charge < -0.3 is 24.4 Å². The van der Waals surface area contributed by atoms with E-state index in [4.69, 9.17) is 14.2 Å². The fourth-order valence-electron chi connectivity index (χ4n) is 4.03. The highest BCUT2D eigenvalue weighted by Gasteiger charge is 2.46. The molecule has 1 heterocycles. The van der Waals surface area contributed by atoms with E-state index in [9.17, 15) is 14.4 Å². The van der Waals surface area contributed by atoms with Gasteiger partial charge in [-0.05, 0) is 54.1 Å². The van der Waals surface area contributed by atoms with E-state index >= 15 is 0 Å². The predicted molar refractivity (Wildman–Crippen MR) is 134 cm³/mol. The average molecular weight is 490 g/mol. The van der Waals surface area contributed by atoms with Crippen LogP contribution in [0.1, 0.15) is 12.0 Å². The van der Waals surface area contributed by atoms with Crippen LogP contribution >= 0.6 is 0 Å². The zero-order valence-electron chi connectivity index (χ0n) is 20.3. The monoisotopic (exact) mass is 489 g/mol. The molecule has 186 valence electrons. The van der Waals surface area contributed by atoms with Gasteiger partial charge in [0.15, 0.2) is 0 Å². The van der Waals surface area contributed by atoms with Crippen molar-refractivity contribution in [3.05, 3.63) is 78.4 Å². The van der Waals surface area contributed by atoms with Crippen LogP contribution in [0.2, 0.25) is 0 Å². The number of imide groups is 1. The number of nitrogens with zero attached hydrogens (tertiary/aromatic N) is 2. The first kappa shape index (κ1) is 24.6. The van der Waals surface area contributed by atoms with Crippen molar-refractivity contribution < 1.29 is 28.6 Å². The number of nitrogens with one attached hydrogen (secondary N) is 1. The first-order chi connectivity index (χ1) is 17.4. The van der Waals surface area contributed by atoms with Gasteiger partial charge in [0, 0.05) is 18.3 Å². The molecule has 9 nitrogen and oxygen atoms in total. The zero-order valence-corrected chi connectivity index (χ0v) is 20.3. The molecule has 0 bridgehead atoms. The topological polar surface area (TPSA) is 97.4 Å². The largest absolute Gasteiger partial charge is 0.497 e. The molecule has 1 aliphatic rings. The molecule has 4 rings (SSSR count). The first-order valence-corrected chi connectivity index (χ1v) is 11.3. The molecule has 1 atom stereocenters. The summed E-state index contributed by atoms with van der Waals surface area (Å²) in [5.74, 6) is 0.913. The quantitative estimate of drug-likeness (QED) is 0.455. The van der Waals surface area contributed by atoms with Crippen molar-refractivity contribution in [2.45, 2.75) is 19.0 Å². The molecule has 0 aliphatic carbocycles. The third-order valence-electron chi connectivity index (χ3n) is 5.87. The number of rotatable bonds is 9. The third kappa shape index (κ3) is 5.25. The number of benzene rings is 3. The molecule has 36 heavy (non-hydrogen) atoms. The van der Waals surface area contributed by atoms with Crippen LogP contribution in [0, 0.1) is 0 Å². The van der Waals surface area contributed by atoms with Gasteiger partial charge in [-0.3, -0.25) is 9.59 Å². The number of urea groups is 1. The Bertz CT molecular complexity index is 1260. The molecular weight excluding hydrogens is 462 g/mol. The van der Waals surface area contributed by atoms with Crippen molar-refractivity contribution in [2.24, 2.45) is 0 Å². The van der Waals surface area contributed by atoms with E-state index in [0.29, 0.717) is 28.6 Å². The number of carbonyl (C=O) groups is 3. The van der Waals surface area contributed by atoms with Crippen LogP contribution in [-0.4, -0.2) is 50.1 Å². The number of amides is 4. The Labute approximate surface area is 209 Å². The lowest BCUT2D eigenvalue weighted by atomic mass is 10.1. The first-order valence-electron chi connectivity index (χ1n) is 11.3. The summed E-state index contributed by atoms with van der Waals surface area (Å²) >= 11 is 0. The zero-order chi connectivity index (χ0) is 25.7. The molecule has 3 aromatic carbocycles. The number of anilines is 2. The maximum atomic E-state index is 13.5. The maximum absolute atomic E-state index is 13.5. The van der Waals surface area contributed by atoms with Gasteiger partial charge in [0.05, 0.1) is 33.4 Å². The van der Waals surface area contributed by atoms with E-state index in [-0.39, 0.29) is 13.0 Å². The Morgan fingerprint density at radius 2 is 1.47 bits per heavy atom. The van der Waals surface area contributed by atoms with Crippen LogP contribution in [0.15, 0.2) is 72.8 Å². The Kier molecular flexibility index (Phi) is 7.39. The molecule has 0 aromatic heterocycles. The van der Waals surface area contributed by atoms with E-state index in [1.807, 2.05) is 12.1 Å². The van der Waals surface area contributed by atoms with Gasteiger partial charge in [-0.25, -0.2) is 9.69 Å². The van der Waals surface area contributed by atoms with Crippen molar-refractivity contribution >= 4 is 29.2 Å². The standard InChI is InChI=1S/C27H27N3O6/c1-34-21-12-10-19(11-13-21)28-25(31)16-24-26(32)30(20-7-5-9-23(15-20)36-3)27(33)29(24)17-18-6-4-8-22(14-18)35-2/h4-15,24H,16-17H2,1-3H3,(H,28,31)/t24-/m1/s1.